The second kappa shape index (κ2) is 9.39. The molecule has 0 spiro atoms. The van der Waals surface area contributed by atoms with Gasteiger partial charge in [-0.1, -0.05) is 0 Å². The molecule has 0 amide bonds. The molecule has 0 saturated heterocycles. The van der Waals surface area contributed by atoms with Gasteiger partial charge in [-0.05, 0) is 24.9 Å². The summed E-state index contributed by atoms with van der Waals surface area (Å²) in [5.41, 5.74) is 0. The molecule has 1 N–H and O–H groups in total. The summed E-state index contributed by atoms with van der Waals surface area (Å²) < 4.78 is 49.3. The number of aromatic nitrogens is 3. The smallest absolute Gasteiger partial charge is 0.344 e. The van der Waals surface area contributed by atoms with Gasteiger partial charge in [-0.25, -0.2) is 13.4 Å². The van der Waals surface area contributed by atoms with Gasteiger partial charge >= 0.3 is 10.4 Å². The van der Waals surface area contributed by atoms with Crippen molar-refractivity contribution >= 4 is 39.0 Å². The van der Waals surface area contributed by atoms with Crippen LogP contribution in [0.25, 0.3) is 0 Å². The van der Waals surface area contributed by atoms with Crippen molar-refractivity contribution in [2.45, 2.75) is 13.3 Å². The summed E-state index contributed by atoms with van der Waals surface area (Å²) in [6.07, 6.45) is 0.518. The number of hydrogen-bond donors (Lipinski definition) is 1. The van der Waals surface area contributed by atoms with Gasteiger partial charge in [0, 0.05) is 13.6 Å². The van der Waals surface area contributed by atoms with Crippen LogP contribution in [-0.2, 0) is 29.8 Å². The Bertz CT molecular complexity index is 624. The van der Waals surface area contributed by atoms with Gasteiger partial charge < -0.3 is 4.90 Å². The van der Waals surface area contributed by atoms with Crippen LogP contribution in [0.1, 0.15) is 12.2 Å². The number of aryl methyl sites for hydroxylation is 1. The molecule has 0 fully saturated rings. The zero-order valence-corrected chi connectivity index (χ0v) is 14.9. The second-order valence-corrected chi connectivity index (χ2v) is 6.99. The Morgan fingerprint density at radius 3 is 2.61 bits per heavy atom. The van der Waals surface area contributed by atoms with E-state index in [-0.39, 0.29) is 17.6 Å². The van der Waals surface area contributed by atoms with Gasteiger partial charge in [0.15, 0.2) is 11.1 Å². The van der Waals surface area contributed by atoms with Crippen LogP contribution in [0.15, 0.2) is 0 Å². The lowest BCUT2D eigenvalue weighted by molar-refractivity contribution is 0.212. The fourth-order valence-electron chi connectivity index (χ4n) is 1.45. The standard InChI is InChI=1S/C10H17ClN4O6S2/c1-8-12-9(11)14-10(13-8)15(2)4-3-7-22(16)20-5-6-21-23(17,18)19/h3-7H2,1-2H3,(H,17,18,19). The molecule has 1 atom stereocenters. The Morgan fingerprint density at radius 1 is 1.30 bits per heavy atom. The summed E-state index contributed by atoms with van der Waals surface area (Å²) in [5.74, 6) is 1.14. The van der Waals surface area contributed by atoms with Gasteiger partial charge in [0.1, 0.15) is 5.82 Å². The first-order valence-electron chi connectivity index (χ1n) is 6.40. The van der Waals surface area contributed by atoms with Gasteiger partial charge in [-0.2, -0.15) is 18.4 Å². The fourth-order valence-corrected chi connectivity index (χ4v) is 2.66. The Morgan fingerprint density at radius 2 is 2.00 bits per heavy atom. The van der Waals surface area contributed by atoms with Gasteiger partial charge in [0.25, 0.3) is 0 Å². The second-order valence-electron chi connectivity index (χ2n) is 4.31. The van der Waals surface area contributed by atoms with Crippen LogP contribution in [0.4, 0.5) is 5.95 Å². The van der Waals surface area contributed by atoms with E-state index in [0.29, 0.717) is 24.7 Å². The molecule has 1 rings (SSSR count). The lowest BCUT2D eigenvalue weighted by Gasteiger charge is -2.16. The maximum atomic E-state index is 11.5. The first-order chi connectivity index (χ1) is 10.7. The number of hydrogen-bond acceptors (Lipinski definition) is 9. The Balaban J connectivity index is 2.26. The third kappa shape index (κ3) is 9.07. The summed E-state index contributed by atoms with van der Waals surface area (Å²) in [7, 11) is -2.74. The average molecular weight is 389 g/mol. The third-order valence-corrected chi connectivity index (χ3v) is 4.07. The average Bonchev–Trinajstić information content (AvgIpc) is 2.41. The van der Waals surface area contributed by atoms with E-state index >= 15 is 0 Å². The van der Waals surface area contributed by atoms with E-state index in [4.69, 9.17) is 20.3 Å². The first-order valence-corrected chi connectivity index (χ1v) is 9.39. The number of rotatable bonds is 10. The van der Waals surface area contributed by atoms with E-state index in [1.54, 1.807) is 18.9 Å². The van der Waals surface area contributed by atoms with Crippen LogP contribution in [0.3, 0.4) is 0 Å². The maximum absolute atomic E-state index is 11.5. The van der Waals surface area contributed by atoms with Gasteiger partial charge in [0.05, 0.1) is 19.0 Å². The highest BCUT2D eigenvalue weighted by Gasteiger charge is 2.09. The van der Waals surface area contributed by atoms with E-state index in [2.05, 4.69) is 19.1 Å². The topological polar surface area (TPSA) is 132 Å². The van der Waals surface area contributed by atoms with Crippen molar-refractivity contribution in [1.29, 1.82) is 0 Å². The molecule has 0 saturated carbocycles. The highest BCUT2D eigenvalue weighted by molar-refractivity contribution is 7.81. The molecule has 13 heteroatoms. The van der Waals surface area contributed by atoms with E-state index in [9.17, 15) is 12.6 Å². The predicted octanol–water partition coefficient (Wildman–Crippen LogP) is 0.159. The number of halogens is 1. The summed E-state index contributed by atoms with van der Waals surface area (Å²) in [4.78, 5) is 13.7. The fraction of sp³-hybridized carbons (Fsp3) is 0.700. The zero-order chi connectivity index (χ0) is 17.5. The van der Waals surface area contributed by atoms with Crippen LogP contribution in [0.2, 0.25) is 5.28 Å². The summed E-state index contributed by atoms with van der Waals surface area (Å²) in [5, 5.41) is 0.102. The molecule has 1 heterocycles. The normalized spacial score (nSPS) is 13.0. The highest BCUT2D eigenvalue weighted by Crippen LogP contribution is 2.09. The van der Waals surface area contributed by atoms with Gasteiger partial charge in [-0.15, -0.1) is 0 Å². The molecule has 0 aliphatic rings. The molecule has 0 aliphatic heterocycles. The lowest BCUT2D eigenvalue weighted by atomic mass is 10.4. The van der Waals surface area contributed by atoms with Crippen LogP contribution >= 0.6 is 11.6 Å². The van der Waals surface area contributed by atoms with Crippen molar-refractivity contribution < 1.29 is 25.5 Å². The van der Waals surface area contributed by atoms with Gasteiger partial charge in [-0.3, -0.25) is 8.74 Å². The largest absolute Gasteiger partial charge is 0.397 e. The third-order valence-electron chi connectivity index (χ3n) is 2.38. The molecule has 23 heavy (non-hydrogen) atoms. The summed E-state index contributed by atoms with van der Waals surface area (Å²) in [6, 6.07) is 0. The predicted molar refractivity (Wildman–Crippen MR) is 83.9 cm³/mol. The van der Waals surface area contributed by atoms with Crippen molar-refractivity contribution in [2.75, 3.05) is 37.5 Å². The highest BCUT2D eigenvalue weighted by atomic mass is 35.5. The molecule has 0 aromatic carbocycles. The molecule has 132 valence electrons. The molecule has 0 radical (unpaired) electrons. The number of anilines is 1. The SMILES string of the molecule is Cc1nc(Cl)nc(N(C)CCCS(=O)OCCOS(=O)(=O)O)n1. The minimum absolute atomic E-state index is 0.102. The van der Waals surface area contributed by atoms with Crippen LogP contribution < -0.4 is 4.90 Å². The van der Waals surface area contributed by atoms with Crippen molar-refractivity contribution in [3.63, 3.8) is 0 Å². The minimum atomic E-state index is -4.50. The first kappa shape index (κ1) is 20.1. The zero-order valence-electron chi connectivity index (χ0n) is 12.5. The van der Waals surface area contributed by atoms with Crippen molar-refractivity contribution in [3.05, 3.63) is 11.1 Å². The maximum Gasteiger partial charge on any atom is 0.397 e. The molecule has 1 aromatic rings. The van der Waals surface area contributed by atoms with E-state index in [0.717, 1.165) is 0 Å². The van der Waals surface area contributed by atoms with Gasteiger partial charge in [0.2, 0.25) is 11.2 Å². The Labute approximate surface area is 141 Å². The van der Waals surface area contributed by atoms with E-state index in [1.807, 2.05) is 0 Å². The quantitative estimate of drug-likeness (QED) is 0.436. The minimum Gasteiger partial charge on any atom is -0.344 e. The van der Waals surface area contributed by atoms with Crippen LogP contribution in [-0.4, -0.2) is 64.7 Å². The van der Waals surface area contributed by atoms with Crippen molar-refractivity contribution in [3.8, 4) is 0 Å². The van der Waals surface area contributed by atoms with Crippen LogP contribution in [0.5, 0.6) is 0 Å². The monoisotopic (exact) mass is 388 g/mol. The molecule has 10 nitrogen and oxygen atoms in total. The van der Waals surface area contributed by atoms with E-state index in [1.165, 1.54) is 0 Å². The molecule has 0 bridgehead atoms. The molecule has 0 aliphatic carbocycles. The molecule has 1 unspecified atom stereocenters. The number of nitrogens with zero attached hydrogens (tertiary/aromatic N) is 4. The molecule has 1 aromatic heterocycles. The molecular weight excluding hydrogens is 372 g/mol. The molecular formula is C10H17ClN4O6S2. The summed E-state index contributed by atoms with van der Waals surface area (Å²) in [6.45, 7) is 1.58. The van der Waals surface area contributed by atoms with E-state index < -0.39 is 28.1 Å². The van der Waals surface area contributed by atoms with Crippen molar-refractivity contribution in [1.82, 2.24) is 15.0 Å². The lowest BCUT2D eigenvalue weighted by Crippen LogP contribution is -2.23. The van der Waals surface area contributed by atoms with Crippen molar-refractivity contribution in [2.24, 2.45) is 0 Å². The Kier molecular flexibility index (Phi) is 8.22. The summed E-state index contributed by atoms with van der Waals surface area (Å²) >= 11 is 4.16. The van der Waals surface area contributed by atoms with Crippen LogP contribution in [0, 0.1) is 6.92 Å². The Hall–Kier alpha value is -0.920.